The molecule has 0 spiro atoms. The summed E-state index contributed by atoms with van der Waals surface area (Å²) >= 11 is 0. The number of alkyl halides is 3. The molecule has 0 aliphatic carbocycles. The Hall–Kier alpha value is -0.290. The van der Waals surface area contributed by atoms with Crippen LogP contribution in [-0.2, 0) is 0 Å². The summed E-state index contributed by atoms with van der Waals surface area (Å²) in [5.41, 5.74) is 0. The van der Waals surface area contributed by atoms with Gasteiger partial charge in [0.25, 0.3) is 0 Å². The fraction of sp³-hybridized carbons (Fsp3) is 1.00. The van der Waals surface area contributed by atoms with Crippen molar-refractivity contribution in [2.45, 2.75) is 38.9 Å². The summed E-state index contributed by atoms with van der Waals surface area (Å²) in [4.78, 5) is 1.98. The van der Waals surface area contributed by atoms with Crippen molar-refractivity contribution in [2.75, 3.05) is 26.2 Å². The summed E-state index contributed by atoms with van der Waals surface area (Å²) < 4.78 is 36.5. The smallest absolute Gasteiger partial charge is 0.314 e. The molecule has 1 saturated heterocycles. The highest BCUT2D eigenvalue weighted by molar-refractivity contribution is 4.83. The number of hydrogen-bond acceptors (Lipinski definition) is 2. The maximum atomic E-state index is 12.2. The van der Waals surface area contributed by atoms with Crippen molar-refractivity contribution in [3.63, 3.8) is 0 Å². The Kier molecular flexibility index (Phi) is 5.05. The second-order valence-electron chi connectivity index (χ2n) is 4.56. The van der Waals surface area contributed by atoms with Crippen LogP contribution in [0.1, 0.15) is 26.7 Å². The van der Waals surface area contributed by atoms with Crippen molar-refractivity contribution in [1.29, 1.82) is 0 Å². The van der Waals surface area contributed by atoms with Gasteiger partial charge in [0.2, 0.25) is 0 Å². The standard InChI is InChI=1S/C11H21F3N2/c1-3-9(2)10-8-15-5-7-16(10)6-4-11(12,13)14/h9-10,15H,3-8H2,1-2H3. The molecule has 2 unspecified atom stereocenters. The van der Waals surface area contributed by atoms with Crippen LogP contribution in [0.5, 0.6) is 0 Å². The fourth-order valence-electron chi connectivity index (χ4n) is 2.15. The van der Waals surface area contributed by atoms with Gasteiger partial charge >= 0.3 is 6.18 Å². The van der Waals surface area contributed by atoms with Crippen LogP contribution in [0.2, 0.25) is 0 Å². The van der Waals surface area contributed by atoms with Gasteiger partial charge in [-0.15, -0.1) is 0 Å². The average molecular weight is 238 g/mol. The SMILES string of the molecule is CCC(C)C1CNCCN1CCC(F)(F)F. The Morgan fingerprint density at radius 3 is 2.69 bits per heavy atom. The predicted molar refractivity (Wildman–Crippen MR) is 58.4 cm³/mol. The molecule has 2 atom stereocenters. The van der Waals surface area contributed by atoms with Crippen molar-refractivity contribution < 1.29 is 13.2 Å². The molecule has 0 aromatic rings. The maximum Gasteiger partial charge on any atom is 0.390 e. The van der Waals surface area contributed by atoms with Crippen molar-refractivity contribution in [1.82, 2.24) is 10.2 Å². The van der Waals surface area contributed by atoms with Gasteiger partial charge in [-0.25, -0.2) is 0 Å². The Labute approximate surface area is 95.2 Å². The van der Waals surface area contributed by atoms with E-state index in [1.54, 1.807) is 0 Å². The van der Waals surface area contributed by atoms with E-state index in [9.17, 15) is 13.2 Å². The first-order valence-electron chi connectivity index (χ1n) is 5.95. The predicted octanol–water partition coefficient (Wildman–Crippen LogP) is 2.26. The molecule has 1 rings (SSSR count). The van der Waals surface area contributed by atoms with Crippen LogP contribution in [-0.4, -0.2) is 43.3 Å². The summed E-state index contributed by atoms with van der Waals surface area (Å²) in [7, 11) is 0. The molecule has 1 heterocycles. The second kappa shape index (κ2) is 5.87. The largest absolute Gasteiger partial charge is 0.390 e. The topological polar surface area (TPSA) is 15.3 Å². The van der Waals surface area contributed by atoms with E-state index in [1.807, 2.05) is 4.90 Å². The Morgan fingerprint density at radius 2 is 2.12 bits per heavy atom. The van der Waals surface area contributed by atoms with E-state index in [2.05, 4.69) is 19.2 Å². The van der Waals surface area contributed by atoms with Crippen molar-refractivity contribution in [3.05, 3.63) is 0 Å². The lowest BCUT2D eigenvalue weighted by molar-refractivity contribution is -0.140. The first kappa shape index (κ1) is 13.8. The summed E-state index contributed by atoms with van der Waals surface area (Å²) in [5, 5.41) is 3.25. The molecule has 16 heavy (non-hydrogen) atoms. The van der Waals surface area contributed by atoms with E-state index in [4.69, 9.17) is 0 Å². The van der Waals surface area contributed by atoms with Gasteiger partial charge < -0.3 is 5.32 Å². The highest BCUT2D eigenvalue weighted by atomic mass is 19.4. The summed E-state index contributed by atoms with van der Waals surface area (Å²) in [5.74, 6) is 0.445. The molecule has 5 heteroatoms. The van der Waals surface area contributed by atoms with Crippen LogP contribution in [0.3, 0.4) is 0 Å². The average Bonchev–Trinajstić information content (AvgIpc) is 2.25. The molecular formula is C11H21F3N2. The number of nitrogens with one attached hydrogen (secondary N) is 1. The van der Waals surface area contributed by atoms with Gasteiger partial charge in [-0.2, -0.15) is 13.2 Å². The van der Waals surface area contributed by atoms with Gasteiger partial charge in [0.15, 0.2) is 0 Å². The summed E-state index contributed by atoms with van der Waals surface area (Å²) in [6, 6.07) is 0.251. The minimum atomic E-state index is -4.04. The first-order chi connectivity index (χ1) is 7.44. The molecule has 1 aliphatic rings. The zero-order chi connectivity index (χ0) is 12.2. The lowest BCUT2D eigenvalue weighted by Gasteiger charge is -2.39. The molecule has 0 amide bonds. The second-order valence-corrected chi connectivity index (χ2v) is 4.56. The van der Waals surface area contributed by atoms with E-state index in [-0.39, 0.29) is 12.6 Å². The third-order valence-corrected chi connectivity index (χ3v) is 3.38. The summed E-state index contributed by atoms with van der Waals surface area (Å²) in [6.45, 7) is 6.67. The van der Waals surface area contributed by atoms with Crippen LogP contribution in [0.25, 0.3) is 0 Å². The third-order valence-electron chi connectivity index (χ3n) is 3.38. The molecule has 2 nitrogen and oxygen atoms in total. The molecule has 0 aromatic carbocycles. The minimum absolute atomic E-state index is 0.139. The van der Waals surface area contributed by atoms with E-state index in [0.29, 0.717) is 5.92 Å². The quantitative estimate of drug-likeness (QED) is 0.808. The molecular weight excluding hydrogens is 217 g/mol. The zero-order valence-electron chi connectivity index (χ0n) is 9.98. The van der Waals surface area contributed by atoms with Crippen molar-refractivity contribution in [2.24, 2.45) is 5.92 Å². The number of nitrogens with zero attached hydrogens (tertiary/aromatic N) is 1. The van der Waals surface area contributed by atoms with Gasteiger partial charge in [-0.05, 0) is 5.92 Å². The van der Waals surface area contributed by atoms with E-state index in [1.165, 1.54) is 0 Å². The Morgan fingerprint density at radius 1 is 1.44 bits per heavy atom. The fourth-order valence-corrected chi connectivity index (χ4v) is 2.15. The molecule has 0 saturated carbocycles. The number of rotatable bonds is 4. The molecule has 0 bridgehead atoms. The molecule has 1 aliphatic heterocycles. The van der Waals surface area contributed by atoms with Gasteiger partial charge in [-0.3, -0.25) is 4.90 Å². The molecule has 1 N–H and O–H groups in total. The normalized spacial score (nSPS) is 25.7. The number of hydrogen-bond donors (Lipinski definition) is 1. The van der Waals surface area contributed by atoms with Crippen LogP contribution in [0, 0.1) is 5.92 Å². The maximum absolute atomic E-state index is 12.2. The van der Waals surface area contributed by atoms with Gasteiger partial charge in [-0.1, -0.05) is 20.3 Å². The molecule has 0 radical (unpaired) electrons. The van der Waals surface area contributed by atoms with Crippen LogP contribution in [0.15, 0.2) is 0 Å². The first-order valence-corrected chi connectivity index (χ1v) is 5.95. The van der Waals surface area contributed by atoms with Crippen molar-refractivity contribution >= 4 is 0 Å². The Balaban J connectivity index is 2.47. The highest BCUT2D eigenvalue weighted by Gasteiger charge is 2.32. The van der Waals surface area contributed by atoms with Gasteiger partial charge in [0.05, 0.1) is 6.42 Å². The zero-order valence-corrected chi connectivity index (χ0v) is 9.98. The van der Waals surface area contributed by atoms with Crippen molar-refractivity contribution in [3.8, 4) is 0 Å². The van der Waals surface area contributed by atoms with Gasteiger partial charge in [0, 0.05) is 32.2 Å². The lowest BCUT2D eigenvalue weighted by atomic mass is 9.96. The lowest BCUT2D eigenvalue weighted by Crippen LogP contribution is -2.54. The summed E-state index contributed by atoms with van der Waals surface area (Å²) in [6.07, 6.45) is -3.72. The molecule has 1 fully saturated rings. The minimum Gasteiger partial charge on any atom is -0.314 e. The third kappa shape index (κ3) is 4.29. The van der Waals surface area contributed by atoms with Gasteiger partial charge in [0.1, 0.15) is 0 Å². The highest BCUT2D eigenvalue weighted by Crippen LogP contribution is 2.23. The molecule has 0 aromatic heterocycles. The van der Waals surface area contributed by atoms with Crippen LogP contribution >= 0.6 is 0 Å². The Bertz CT molecular complexity index is 206. The van der Waals surface area contributed by atoms with E-state index >= 15 is 0 Å². The van der Waals surface area contributed by atoms with E-state index < -0.39 is 12.6 Å². The number of halogens is 3. The van der Waals surface area contributed by atoms with Crippen LogP contribution < -0.4 is 5.32 Å². The van der Waals surface area contributed by atoms with Crippen LogP contribution in [0.4, 0.5) is 13.2 Å². The monoisotopic (exact) mass is 238 g/mol. The molecule has 96 valence electrons. The number of piperazine rings is 1. The van der Waals surface area contributed by atoms with E-state index in [0.717, 1.165) is 26.1 Å².